The molecular formula is C29H28N4O2. The molecule has 5 aromatic rings. The van der Waals surface area contributed by atoms with Crippen LogP contribution < -0.4 is 10.9 Å². The number of benzene rings is 3. The molecule has 176 valence electrons. The van der Waals surface area contributed by atoms with Gasteiger partial charge < -0.3 is 10.3 Å². The maximum absolute atomic E-state index is 12.9. The van der Waals surface area contributed by atoms with Gasteiger partial charge in [-0.1, -0.05) is 81.4 Å². The topological polar surface area (TPSA) is 79.3 Å². The van der Waals surface area contributed by atoms with E-state index in [1.807, 2.05) is 61.5 Å². The lowest BCUT2D eigenvalue weighted by Gasteiger charge is -2.20. The molecule has 0 aliphatic rings. The number of aromatic nitrogens is 3. The number of fused-ring (bicyclic) bond motifs is 2. The molecule has 3 aromatic carbocycles. The fraction of sp³-hybridized carbons (Fsp3) is 0.207. The second kappa shape index (κ2) is 8.55. The first-order chi connectivity index (χ1) is 16.7. The zero-order valence-electron chi connectivity index (χ0n) is 20.3. The molecular weight excluding hydrogens is 436 g/mol. The second-order valence-corrected chi connectivity index (χ2v) is 9.99. The van der Waals surface area contributed by atoms with E-state index >= 15 is 0 Å². The highest BCUT2D eigenvalue weighted by molar-refractivity contribution is 5.94. The molecule has 0 fully saturated rings. The molecule has 6 heteroatoms. The van der Waals surface area contributed by atoms with Crippen molar-refractivity contribution in [2.45, 2.75) is 39.2 Å². The number of aromatic amines is 1. The van der Waals surface area contributed by atoms with E-state index < -0.39 is 0 Å². The SMILES string of the molecule is CC(NC(=O)c1cc2c(=O)[nH]c(-c3ccc4ccccc4c3)cn2n1)c1ccc(C(C)(C)C)cc1. The van der Waals surface area contributed by atoms with Gasteiger partial charge in [0.15, 0.2) is 5.69 Å². The molecule has 35 heavy (non-hydrogen) atoms. The lowest BCUT2D eigenvalue weighted by Crippen LogP contribution is -2.27. The van der Waals surface area contributed by atoms with Gasteiger partial charge >= 0.3 is 0 Å². The summed E-state index contributed by atoms with van der Waals surface area (Å²) in [4.78, 5) is 28.6. The highest BCUT2D eigenvalue weighted by Gasteiger charge is 2.18. The molecule has 0 saturated carbocycles. The lowest BCUT2D eigenvalue weighted by molar-refractivity contribution is 0.0934. The summed E-state index contributed by atoms with van der Waals surface area (Å²) in [6.45, 7) is 8.45. The first-order valence-corrected chi connectivity index (χ1v) is 11.7. The number of carbonyl (C=O) groups is 1. The lowest BCUT2D eigenvalue weighted by atomic mass is 9.86. The standard InChI is InChI=1S/C29H28N4O2/c1-18(19-11-13-23(14-12-19)29(2,3)4)30-27(34)24-16-26-28(35)31-25(17-33(26)32-24)22-10-9-20-7-5-6-8-21(20)15-22/h5-18H,1-4H3,(H,30,34)(H,31,35). The van der Waals surface area contributed by atoms with Crippen molar-refractivity contribution < 1.29 is 4.79 Å². The third-order valence-corrected chi connectivity index (χ3v) is 6.39. The van der Waals surface area contributed by atoms with Gasteiger partial charge in [-0.05, 0) is 40.3 Å². The first kappa shape index (κ1) is 22.6. The molecule has 2 aromatic heterocycles. The molecule has 0 spiro atoms. The van der Waals surface area contributed by atoms with E-state index in [1.54, 1.807) is 6.20 Å². The van der Waals surface area contributed by atoms with Crippen LogP contribution in [0.1, 0.15) is 55.4 Å². The van der Waals surface area contributed by atoms with Crippen molar-refractivity contribution in [3.63, 3.8) is 0 Å². The first-order valence-electron chi connectivity index (χ1n) is 11.7. The third kappa shape index (κ3) is 4.47. The summed E-state index contributed by atoms with van der Waals surface area (Å²) < 4.78 is 1.47. The van der Waals surface area contributed by atoms with Gasteiger partial charge in [-0.2, -0.15) is 5.10 Å². The van der Waals surface area contributed by atoms with Crippen LogP contribution in [0.5, 0.6) is 0 Å². The highest BCUT2D eigenvalue weighted by atomic mass is 16.2. The Bertz CT molecular complexity index is 1600. The van der Waals surface area contributed by atoms with Gasteiger partial charge in [-0.3, -0.25) is 9.59 Å². The molecule has 1 atom stereocenters. The molecule has 5 rings (SSSR count). The average Bonchev–Trinajstić information content (AvgIpc) is 3.28. The van der Waals surface area contributed by atoms with Crippen molar-refractivity contribution in [2.24, 2.45) is 0 Å². The smallest absolute Gasteiger partial charge is 0.274 e. The van der Waals surface area contributed by atoms with E-state index in [0.717, 1.165) is 21.9 Å². The molecule has 0 aliphatic heterocycles. The predicted octanol–water partition coefficient (Wildman–Crippen LogP) is 5.63. The van der Waals surface area contributed by atoms with Gasteiger partial charge in [0.05, 0.1) is 17.9 Å². The number of carbonyl (C=O) groups excluding carboxylic acids is 1. The molecule has 6 nitrogen and oxygen atoms in total. The second-order valence-electron chi connectivity index (χ2n) is 9.99. The molecule has 0 aliphatic carbocycles. The monoisotopic (exact) mass is 464 g/mol. The van der Waals surface area contributed by atoms with Crippen LogP contribution in [0.2, 0.25) is 0 Å². The van der Waals surface area contributed by atoms with Crippen molar-refractivity contribution in [3.8, 4) is 11.3 Å². The van der Waals surface area contributed by atoms with Crippen LogP contribution in [-0.4, -0.2) is 20.5 Å². The van der Waals surface area contributed by atoms with E-state index in [1.165, 1.54) is 16.1 Å². The van der Waals surface area contributed by atoms with Gasteiger partial charge in [0, 0.05) is 11.6 Å². The minimum atomic E-state index is -0.326. The Morgan fingerprint density at radius 2 is 1.69 bits per heavy atom. The van der Waals surface area contributed by atoms with Crippen molar-refractivity contribution >= 4 is 22.2 Å². The van der Waals surface area contributed by atoms with Crippen LogP contribution in [0.3, 0.4) is 0 Å². The van der Waals surface area contributed by atoms with E-state index in [-0.39, 0.29) is 28.6 Å². The summed E-state index contributed by atoms with van der Waals surface area (Å²) in [6.07, 6.45) is 1.74. The number of H-pyrrole nitrogens is 1. The zero-order valence-corrected chi connectivity index (χ0v) is 20.3. The fourth-order valence-corrected chi connectivity index (χ4v) is 4.24. The summed E-state index contributed by atoms with van der Waals surface area (Å²) in [7, 11) is 0. The molecule has 2 N–H and O–H groups in total. The van der Waals surface area contributed by atoms with Crippen LogP contribution in [0.4, 0.5) is 0 Å². The Balaban J connectivity index is 1.40. The third-order valence-electron chi connectivity index (χ3n) is 6.39. The van der Waals surface area contributed by atoms with Crippen molar-refractivity contribution in [3.05, 3.63) is 106 Å². The van der Waals surface area contributed by atoms with Crippen LogP contribution in [0.15, 0.2) is 83.8 Å². The minimum absolute atomic E-state index is 0.0698. The normalized spacial score (nSPS) is 12.7. The maximum atomic E-state index is 12.9. The molecule has 1 amide bonds. The van der Waals surface area contributed by atoms with Gasteiger partial charge in [0.2, 0.25) is 0 Å². The van der Waals surface area contributed by atoms with E-state index in [2.05, 4.69) is 48.3 Å². The molecule has 0 saturated heterocycles. The number of hydrogen-bond acceptors (Lipinski definition) is 3. The van der Waals surface area contributed by atoms with Crippen LogP contribution in [0, 0.1) is 0 Å². The summed E-state index contributed by atoms with van der Waals surface area (Å²) >= 11 is 0. The van der Waals surface area contributed by atoms with E-state index in [4.69, 9.17) is 0 Å². The highest BCUT2D eigenvalue weighted by Crippen LogP contribution is 2.25. The molecule has 0 bridgehead atoms. The summed E-state index contributed by atoms with van der Waals surface area (Å²) in [5, 5.41) is 9.59. The number of hydrogen-bond donors (Lipinski definition) is 2. The summed E-state index contributed by atoms with van der Waals surface area (Å²) in [5.74, 6) is -0.326. The zero-order chi connectivity index (χ0) is 24.7. The predicted molar refractivity (Wildman–Crippen MR) is 140 cm³/mol. The van der Waals surface area contributed by atoms with Crippen LogP contribution in [-0.2, 0) is 5.41 Å². The number of amides is 1. The van der Waals surface area contributed by atoms with Crippen molar-refractivity contribution in [1.82, 2.24) is 19.9 Å². The van der Waals surface area contributed by atoms with E-state index in [9.17, 15) is 9.59 Å². The maximum Gasteiger partial charge on any atom is 0.274 e. The minimum Gasteiger partial charge on any atom is -0.344 e. The number of nitrogens with zero attached hydrogens (tertiary/aromatic N) is 2. The van der Waals surface area contributed by atoms with Crippen molar-refractivity contribution in [1.29, 1.82) is 0 Å². The molecule has 1 unspecified atom stereocenters. The van der Waals surface area contributed by atoms with Crippen molar-refractivity contribution in [2.75, 3.05) is 0 Å². The van der Waals surface area contributed by atoms with Gasteiger partial charge in [-0.15, -0.1) is 0 Å². The summed E-state index contributed by atoms with van der Waals surface area (Å²) in [6, 6.07) is 23.6. The Labute approximate surface area is 203 Å². The largest absolute Gasteiger partial charge is 0.344 e. The van der Waals surface area contributed by atoms with E-state index in [0.29, 0.717) is 11.2 Å². The van der Waals surface area contributed by atoms with Crippen LogP contribution >= 0.6 is 0 Å². The summed E-state index contributed by atoms with van der Waals surface area (Å²) in [5.41, 5.74) is 4.04. The van der Waals surface area contributed by atoms with Gasteiger partial charge in [0.1, 0.15) is 5.52 Å². The van der Waals surface area contributed by atoms with Gasteiger partial charge in [-0.25, -0.2) is 4.52 Å². The molecule has 0 radical (unpaired) electrons. The number of rotatable bonds is 4. The Kier molecular flexibility index (Phi) is 5.52. The quantitative estimate of drug-likeness (QED) is 0.362. The number of nitrogens with one attached hydrogen (secondary N) is 2. The molecule has 2 heterocycles. The average molecular weight is 465 g/mol. The Morgan fingerprint density at radius 3 is 2.40 bits per heavy atom. The Morgan fingerprint density at radius 1 is 0.971 bits per heavy atom. The Hall–Kier alpha value is -4.19. The van der Waals surface area contributed by atoms with Gasteiger partial charge in [0.25, 0.3) is 11.5 Å². The van der Waals surface area contributed by atoms with Crippen LogP contribution in [0.25, 0.3) is 27.5 Å². The fourth-order valence-electron chi connectivity index (χ4n) is 4.24.